The van der Waals surface area contributed by atoms with Crippen molar-refractivity contribution in [3.05, 3.63) is 35.9 Å². The van der Waals surface area contributed by atoms with Crippen LogP contribution in [0.2, 0.25) is 0 Å². The van der Waals surface area contributed by atoms with Gasteiger partial charge in [0, 0.05) is 12.2 Å². The molecule has 1 fully saturated rings. The zero-order chi connectivity index (χ0) is 13.6. The van der Waals surface area contributed by atoms with Crippen molar-refractivity contribution in [2.45, 2.75) is 24.9 Å². The molecule has 1 aromatic carbocycles. The minimum atomic E-state index is -3.12. The lowest BCUT2D eigenvalue weighted by Crippen LogP contribution is -2.26. The van der Waals surface area contributed by atoms with Gasteiger partial charge >= 0.3 is 0 Å². The highest BCUT2D eigenvalue weighted by Gasteiger charge is 2.19. The third-order valence-corrected chi connectivity index (χ3v) is 6.22. The summed E-state index contributed by atoms with van der Waals surface area (Å²) in [6, 6.07) is 9.59. The summed E-state index contributed by atoms with van der Waals surface area (Å²) in [5.41, 5.74) is 1.02. The summed E-state index contributed by atoms with van der Waals surface area (Å²) in [6.45, 7) is 1.31. The SMILES string of the molecule is O=S(=O)(CCC1OCCCO1)SCc1ccccc1. The Morgan fingerprint density at radius 1 is 1.16 bits per heavy atom. The van der Waals surface area contributed by atoms with Crippen molar-refractivity contribution < 1.29 is 17.9 Å². The lowest BCUT2D eigenvalue weighted by Gasteiger charge is -2.22. The summed E-state index contributed by atoms with van der Waals surface area (Å²) in [4.78, 5) is 0. The lowest BCUT2D eigenvalue weighted by molar-refractivity contribution is -0.178. The van der Waals surface area contributed by atoms with Crippen LogP contribution < -0.4 is 0 Å². The third-order valence-electron chi connectivity index (χ3n) is 2.75. The zero-order valence-electron chi connectivity index (χ0n) is 10.7. The fraction of sp³-hybridized carbons (Fsp3) is 0.538. The van der Waals surface area contributed by atoms with Crippen molar-refractivity contribution in [2.75, 3.05) is 19.0 Å². The molecule has 0 unspecified atom stereocenters. The van der Waals surface area contributed by atoms with Gasteiger partial charge in [-0.05, 0) is 22.8 Å². The molecule has 1 saturated heterocycles. The van der Waals surface area contributed by atoms with E-state index in [-0.39, 0.29) is 12.0 Å². The second kappa shape index (κ2) is 7.28. The maximum Gasteiger partial charge on any atom is 0.202 e. The predicted octanol–water partition coefficient (Wildman–Crippen LogP) is 2.40. The molecule has 0 saturated carbocycles. The monoisotopic (exact) mass is 302 g/mol. The highest BCUT2D eigenvalue weighted by molar-refractivity contribution is 8.71. The van der Waals surface area contributed by atoms with E-state index in [9.17, 15) is 8.42 Å². The van der Waals surface area contributed by atoms with Crippen molar-refractivity contribution in [3.8, 4) is 0 Å². The quantitative estimate of drug-likeness (QED) is 0.755. The minimum Gasteiger partial charge on any atom is -0.353 e. The van der Waals surface area contributed by atoms with E-state index in [2.05, 4.69) is 0 Å². The maximum atomic E-state index is 11.9. The van der Waals surface area contributed by atoms with Gasteiger partial charge in [0.05, 0.1) is 19.0 Å². The molecule has 0 aromatic heterocycles. The molecular weight excluding hydrogens is 284 g/mol. The molecule has 0 amide bonds. The van der Waals surface area contributed by atoms with Crippen LogP contribution in [-0.4, -0.2) is 33.7 Å². The fourth-order valence-corrected chi connectivity index (χ4v) is 4.43. The normalized spacial score (nSPS) is 17.5. The van der Waals surface area contributed by atoms with Crippen LogP contribution in [0.15, 0.2) is 30.3 Å². The van der Waals surface area contributed by atoms with Crippen LogP contribution in [0.3, 0.4) is 0 Å². The Bertz CT molecular complexity index is 467. The molecule has 1 aliphatic heterocycles. The summed E-state index contributed by atoms with van der Waals surface area (Å²) in [5.74, 6) is 0.574. The van der Waals surface area contributed by atoms with Crippen LogP contribution in [0.4, 0.5) is 0 Å². The summed E-state index contributed by atoms with van der Waals surface area (Å²) in [5, 5.41) is 0. The van der Waals surface area contributed by atoms with E-state index >= 15 is 0 Å². The van der Waals surface area contributed by atoms with E-state index in [1.54, 1.807) is 0 Å². The zero-order valence-corrected chi connectivity index (χ0v) is 12.3. The van der Waals surface area contributed by atoms with Gasteiger partial charge in [-0.1, -0.05) is 30.3 Å². The summed E-state index contributed by atoms with van der Waals surface area (Å²) < 4.78 is 34.5. The number of hydrogen-bond donors (Lipinski definition) is 0. The van der Waals surface area contributed by atoms with Gasteiger partial charge in [0.25, 0.3) is 0 Å². The molecule has 2 rings (SSSR count). The average Bonchev–Trinajstić information content (AvgIpc) is 2.46. The lowest BCUT2D eigenvalue weighted by atomic mass is 10.2. The van der Waals surface area contributed by atoms with Crippen molar-refractivity contribution in [3.63, 3.8) is 0 Å². The molecule has 4 nitrogen and oxygen atoms in total. The molecule has 1 aromatic rings. The molecule has 1 heterocycles. The van der Waals surface area contributed by atoms with Gasteiger partial charge in [-0.2, -0.15) is 0 Å². The van der Waals surface area contributed by atoms with Crippen molar-refractivity contribution >= 4 is 19.7 Å². The van der Waals surface area contributed by atoms with E-state index in [0.29, 0.717) is 25.4 Å². The van der Waals surface area contributed by atoms with Gasteiger partial charge in [-0.25, -0.2) is 8.42 Å². The van der Waals surface area contributed by atoms with Crippen LogP contribution in [0.1, 0.15) is 18.4 Å². The van der Waals surface area contributed by atoms with Crippen LogP contribution in [0, 0.1) is 0 Å². The third kappa shape index (κ3) is 5.52. The van der Waals surface area contributed by atoms with E-state index in [0.717, 1.165) is 22.8 Å². The Morgan fingerprint density at radius 3 is 2.53 bits per heavy atom. The average molecular weight is 302 g/mol. The minimum absolute atomic E-state index is 0.0924. The Labute approximate surface area is 117 Å². The second-order valence-corrected chi connectivity index (χ2v) is 8.60. The van der Waals surface area contributed by atoms with Gasteiger partial charge in [0.15, 0.2) is 6.29 Å². The second-order valence-electron chi connectivity index (χ2n) is 4.32. The van der Waals surface area contributed by atoms with Crippen LogP contribution in [0.5, 0.6) is 0 Å². The molecule has 106 valence electrons. The molecule has 0 aliphatic carbocycles. The summed E-state index contributed by atoms with van der Waals surface area (Å²) in [7, 11) is -2.14. The smallest absolute Gasteiger partial charge is 0.202 e. The van der Waals surface area contributed by atoms with Gasteiger partial charge in [-0.15, -0.1) is 0 Å². The molecule has 0 bridgehead atoms. The highest BCUT2D eigenvalue weighted by Crippen LogP contribution is 2.21. The van der Waals surface area contributed by atoms with Crippen LogP contribution in [0.25, 0.3) is 0 Å². The molecule has 0 radical (unpaired) electrons. The Morgan fingerprint density at radius 2 is 1.84 bits per heavy atom. The van der Waals surface area contributed by atoms with E-state index in [4.69, 9.17) is 9.47 Å². The molecule has 0 N–H and O–H groups in total. The molecule has 19 heavy (non-hydrogen) atoms. The van der Waals surface area contributed by atoms with Gasteiger partial charge in [-0.3, -0.25) is 0 Å². The van der Waals surface area contributed by atoms with Crippen LogP contribution in [-0.2, 0) is 24.1 Å². The first-order valence-corrected chi connectivity index (χ1v) is 9.45. The largest absolute Gasteiger partial charge is 0.353 e. The first kappa shape index (κ1) is 14.8. The van der Waals surface area contributed by atoms with Crippen molar-refractivity contribution in [1.82, 2.24) is 0 Å². The Balaban J connectivity index is 1.75. The molecule has 6 heteroatoms. The first-order valence-electron chi connectivity index (χ1n) is 6.30. The predicted molar refractivity (Wildman–Crippen MR) is 76.4 cm³/mol. The molecular formula is C13H18O4S2. The van der Waals surface area contributed by atoms with E-state index < -0.39 is 8.87 Å². The topological polar surface area (TPSA) is 52.6 Å². The Kier molecular flexibility index (Phi) is 5.69. The fourth-order valence-electron chi connectivity index (χ4n) is 1.73. The molecule has 0 atom stereocenters. The summed E-state index contributed by atoms with van der Waals surface area (Å²) >= 11 is 0. The van der Waals surface area contributed by atoms with Crippen molar-refractivity contribution in [2.24, 2.45) is 0 Å². The first-order chi connectivity index (χ1) is 9.16. The summed E-state index contributed by atoms with van der Waals surface area (Å²) in [6.07, 6.45) is 0.928. The number of benzene rings is 1. The number of rotatable bonds is 6. The maximum absolute atomic E-state index is 11.9. The molecule has 1 aliphatic rings. The standard InChI is InChI=1S/C13H18O4S2/c14-19(15,10-7-13-16-8-4-9-17-13)18-11-12-5-2-1-3-6-12/h1-3,5-6,13H,4,7-11H2. The number of hydrogen-bond acceptors (Lipinski definition) is 5. The van der Waals surface area contributed by atoms with Gasteiger partial charge < -0.3 is 9.47 Å². The number of ether oxygens (including phenoxy) is 2. The van der Waals surface area contributed by atoms with Gasteiger partial charge in [0.2, 0.25) is 8.87 Å². The van der Waals surface area contributed by atoms with Crippen molar-refractivity contribution in [1.29, 1.82) is 0 Å². The molecule has 0 spiro atoms. The Hall–Kier alpha value is -0.560. The van der Waals surface area contributed by atoms with Gasteiger partial charge in [0.1, 0.15) is 0 Å². The van der Waals surface area contributed by atoms with E-state index in [1.165, 1.54) is 0 Å². The van der Waals surface area contributed by atoms with Crippen LogP contribution >= 0.6 is 10.8 Å². The van der Waals surface area contributed by atoms with E-state index in [1.807, 2.05) is 30.3 Å². The highest BCUT2D eigenvalue weighted by atomic mass is 33.1.